The van der Waals surface area contributed by atoms with Crippen LogP contribution in [0.2, 0.25) is 5.02 Å². The van der Waals surface area contributed by atoms with Crippen LogP contribution in [0.25, 0.3) is 5.57 Å². The van der Waals surface area contributed by atoms with E-state index in [1.54, 1.807) is 30.3 Å². The minimum atomic E-state index is -0.438. The summed E-state index contributed by atoms with van der Waals surface area (Å²) < 4.78 is 5.70. The van der Waals surface area contributed by atoms with Crippen molar-refractivity contribution in [2.24, 2.45) is 0 Å². The van der Waals surface area contributed by atoms with Crippen molar-refractivity contribution >= 4 is 46.1 Å². The molecule has 0 fully saturated rings. The van der Waals surface area contributed by atoms with Crippen molar-refractivity contribution < 1.29 is 14.3 Å². The number of halogens is 1. The molecule has 2 amide bonds. The third-order valence-corrected chi connectivity index (χ3v) is 5.52. The Kier molecular flexibility index (Phi) is 6.38. The third-order valence-electron chi connectivity index (χ3n) is 5.27. The van der Waals surface area contributed by atoms with Gasteiger partial charge >= 0.3 is 0 Å². The van der Waals surface area contributed by atoms with E-state index in [1.165, 1.54) is 4.90 Å². The summed E-state index contributed by atoms with van der Waals surface area (Å²) in [6.07, 6.45) is 0. The van der Waals surface area contributed by atoms with Crippen LogP contribution >= 0.6 is 11.6 Å². The van der Waals surface area contributed by atoms with E-state index in [4.69, 9.17) is 16.3 Å². The number of hydrogen-bond acceptors (Lipinski definition) is 5. The summed E-state index contributed by atoms with van der Waals surface area (Å²) in [4.78, 5) is 30.4. The van der Waals surface area contributed by atoms with Crippen LogP contribution in [-0.4, -0.2) is 32.5 Å². The molecule has 6 nitrogen and oxygen atoms in total. The van der Waals surface area contributed by atoms with E-state index in [2.05, 4.69) is 5.32 Å². The maximum Gasteiger partial charge on any atom is 0.282 e. The summed E-state index contributed by atoms with van der Waals surface area (Å²) in [5.41, 5.74) is 3.04. The van der Waals surface area contributed by atoms with Crippen molar-refractivity contribution in [2.45, 2.75) is 6.92 Å². The van der Waals surface area contributed by atoms with Gasteiger partial charge in [-0.2, -0.15) is 0 Å². The van der Waals surface area contributed by atoms with Crippen LogP contribution < -0.4 is 19.9 Å². The topological polar surface area (TPSA) is 61.9 Å². The van der Waals surface area contributed by atoms with E-state index < -0.39 is 11.8 Å². The molecule has 3 aromatic rings. The zero-order valence-corrected chi connectivity index (χ0v) is 19.4. The number of anilines is 3. The molecule has 168 valence electrons. The van der Waals surface area contributed by atoms with Crippen LogP contribution in [0.5, 0.6) is 5.75 Å². The number of imide groups is 1. The lowest BCUT2D eigenvalue weighted by Gasteiger charge is -2.19. The minimum Gasteiger partial charge on any atom is -0.492 e. The molecule has 0 saturated heterocycles. The molecule has 0 unspecified atom stereocenters. The molecule has 0 aliphatic carbocycles. The van der Waals surface area contributed by atoms with Crippen LogP contribution in [0, 0.1) is 0 Å². The lowest BCUT2D eigenvalue weighted by molar-refractivity contribution is -0.120. The zero-order chi connectivity index (χ0) is 23.5. The van der Waals surface area contributed by atoms with Crippen LogP contribution in [0.1, 0.15) is 12.5 Å². The molecule has 3 aromatic carbocycles. The predicted molar refractivity (Wildman–Crippen MR) is 133 cm³/mol. The third kappa shape index (κ3) is 4.43. The molecule has 0 aromatic heterocycles. The van der Waals surface area contributed by atoms with Gasteiger partial charge in [-0.15, -0.1) is 0 Å². The highest BCUT2D eigenvalue weighted by Crippen LogP contribution is 2.36. The van der Waals surface area contributed by atoms with Gasteiger partial charge in [0.2, 0.25) is 0 Å². The minimum absolute atomic E-state index is 0.185. The Hall–Kier alpha value is -3.77. The molecular formula is C26H24ClN3O3. The van der Waals surface area contributed by atoms with Gasteiger partial charge in [0.05, 0.1) is 23.6 Å². The molecule has 1 aliphatic heterocycles. The smallest absolute Gasteiger partial charge is 0.282 e. The monoisotopic (exact) mass is 461 g/mol. The van der Waals surface area contributed by atoms with Crippen molar-refractivity contribution in [3.63, 3.8) is 0 Å². The maximum atomic E-state index is 13.6. The fraction of sp³-hybridized carbons (Fsp3) is 0.154. The van der Waals surface area contributed by atoms with Crippen LogP contribution in [0.15, 0.2) is 78.5 Å². The maximum absolute atomic E-state index is 13.6. The van der Waals surface area contributed by atoms with Gasteiger partial charge < -0.3 is 15.0 Å². The molecule has 0 spiro atoms. The highest BCUT2D eigenvalue weighted by Gasteiger charge is 2.40. The summed E-state index contributed by atoms with van der Waals surface area (Å²) in [6.45, 7) is 2.36. The fourth-order valence-electron chi connectivity index (χ4n) is 3.66. The highest BCUT2D eigenvalue weighted by atomic mass is 35.5. The normalized spacial score (nSPS) is 13.5. The molecular weight excluding hydrogens is 438 g/mol. The van der Waals surface area contributed by atoms with Gasteiger partial charge in [-0.3, -0.25) is 9.59 Å². The molecule has 1 aliphatic rings. The summed E-state index contributed by atoms with van der Waals surface area (Å²) >= 11 is 6.06. The Morgan fingerprint density at radius 2 is 1.67 bits per heavy atom. The first-order chi connectivity index (χ1) is 15.9. The second kappa shape index (κ2) is 9.38. The summed E-state index contributed by atoms with van der Waals surface area (Å²) in [7, 11) is 3.81. The number of carbonyl (C=O) groups is 2. The Bertz CT molecular complexity index is 1240. The lowest BCUT2D eigenvalue weighted by Crippen LogP contribution is -2.32. The van der Waals surface area contributed by atoms with Crippen molar-refractivity contribution in [2.75, 3.05) is 35.8 Å². The Balaban J connectivity index is 1.82. The number of nitrogens with zero attached hydrogens (tertiary/aromatic N) is 2. The second-order valence-electron chi connectivity index (χ2n) is 7.67. The number of ether oxygens (including phenoxy) is 1. The first-order valence-corrected chi connectivity index (χ1v) is 10.9. The standard InChI is InChI=1S/C26H24ClN3O3/c1-4-33-22-11-6-5-10-21(22)28-24-23(17-12-14-18(27)15-13-17)25(31)30(26(24)32)20-9-7-8-19(16-20)29(2)3/h5-16,28H,4H2,1-3H3. The van der Waals surface area contributed by atoms with E-state index >= 15 is 0 Å². The first-order valence-electron chi connectivity index (χ1n) is 10.6. The van der Waals surface area contributed by atoms with Gasteiger partial charge in [-0.25, -0.2) is 4.90 Å². The van der Waals surface area contributed by atoms with Crippen LogP contribution in [0.3, 0.4) is 0 Å². The average molecular weight is 462 g/mol. The lowest BCUT2D eigenvalue weighted by atomic mass is 10.0. The first kappa shape index (κ1) is 22.4. The number of nitrogens with one attached hydrogen (secondary N) is 1. The highest BCUT2D eigenvalue weighted by molar-refractivity contribution is 6.46. The molecule has 1 N–H and O–H groups in total. The van der Waals surface area contributed by atoms with Crippen molar-refractivity contribution in [1.82, 2.24) is 0 Å². The Morgan fingerprint density at radius 1 is 0.939 bits per heavy atom. The van der Waals surface area contributed by atoms with Crippen LogP contribution in [0.4, 0.5) is 17.1 Å². The van der Waals surface area contributed by atoms with E-state index in [0.29, 0.717) is 34.3 Å². The number of amides is 2. The van der Waals surface area contributed by atoms with Gasteiger partial charge in [0.1, 0.15) is 11.4 Å². The number of benzene rings is 3. The summed E-state index contributed by atoms with van der Waals surface area (Å²) in [5, 5.41) is 3.72. The van der Waals surface area contributed by atoms with Crippen molar-refractivity contribution in [3.8, 4) is 5.75 Å². The van der Waals surface area contributed by atoms with Crippen LogP contribution in [-0.2, 0) is 9.59 Å². The van der Waals surface area contributed by atoms with E-state index in [1.807, 2.05) is 68.4 Å². The number of hydrogen-bond donors (Lipinski definition) is 1. The largest absolute Gasteiger partial charge is 0.492 e. The fourth-order valence-corrected chi connectivity index (χ4v) is 3.79. The number of rotatable bonds is 7. The van der Waals surface area contributed by atoms with Gasteiger partial charge in [0.25, 0.3) is 11.8 Å². The SMILES string of the molecule is CCOc1ccccc1NC1=C(c2ccc(Cl)cc2)C(=O)N(c2cccc(N(C)C)c2)C1=O. The Morgan fingerprint density at radius 3 is 2.36 bits per heavy atom. The van der Waals surface area contributed by atoms with E-state index in [-0.39, 0.29) is 11.3 Å². The molecule has 0 saturated carbocycles. The zero-order valence-electron chi connectivity index (χ0n) is 18.6. The molecule has 7 heteroatoms. The van der Waals surface area contributed by atoms with Crippen molar-refractivity contribution in [1.29, 1.82) is 0 Å². The van der Waals surface area contributed by atoms with Crippen molar-refractivity contribution in [3.05, 3.63) is 89.1 Å². The molecule has 0 atom stereocenters. The van der Waals surface area contributed by atoms with Gasteiger partial charge in [0, 0.05) is 24.8 Å². The molecule has 0 radical (unpaired) electrons. The van der Waals surface area contributed by atoms with Gasteiger partial charge in [-0.1, -0.05) is 41.9 Å². The average Bonchev–Trinajstić information content (AvgIpc) is 3.05. The predicted octanol–water partition coefficient (Wildman–Crippen LogP) is 5.20. The molecule has 1 heterocycles. The molecule has 33 heavy (non-hydrogen) atoms. The number of carbonyl (C=O) groups excluding carboxylic acids is 2. The van der Waals surface area contributed by atoms with Gasteiger partial charge in [-0.05, 0) is 55.0 Å². The summed E-state index contributed by atoms with van der Waals surface area (Å²) in [5.74, 6) is -0.252. The van der Waals surface area contributed by atoms with E-state index in [0.717, 1.165) is 5.69 Å². The van der Waals surface area contributed by atoms with Gasteiger partial charge in [0.15, 0.2) is 0 Å². The number of para-hydroxylation sites is 2. The second-order valence-corrected chi connectivity index (χ2v) is 8.11. The quantitative estimate of drug-likeness (QED) is 0.490. The molecule has 0 bridgehead atoms. The van der Waals surface area contributed by atoms with E-state index in [9.17, 15) is 9.59 Å². The molecule has 4 rings (SSSR count). The summed E-state index contributed by atoms with van der Waals surface area (Å²) in [6, 6.07) is 21.5. The Labute approximate surface area is 198 Å².